The summed E-state index contributed by atoms with van der Waals surface area (Å²) in [6, 6.07) is 0. The Labute approximate surface area is 120 Å². The minimum Gasteiger partial charge on any atom is -0.512 e. The fourth-order valence-electron chi connectivity index (χ4n) is 3.54. The quantitative estimate of drug-likeness (QED) is 0.653. The molecule has 0 fully saturated rings. The summed E-state index contributed by atoms with van der Waals surface area (Å²) in [6.07, 6.45) is 9.96. The summed E-state index contributed by atoms with van der Waals surface area (Å²) in [5.41, 5.74) is 6.85. The van der Waals surface area contributed by atoms with Gasteiger partial charge in [0.25, 0.3) is 0 Å². The summed E-state index contributed by atoms with van der Waals surface area (Å²) in [5, 5.41) is 10.2. The highest BCUT2D eigenvalue weighted by Gasteiger charge is 2.27. The van der Waals surface area contributed by atoms with Gasteiger partial charge in [-0.05, 0) is 66.9 Å². The molecule has 2 atom stereocenters. The lowest BCUT2D eigenvalue weighted by Gasteiger charge is -2.25. The first kappa shape index (κ1) is 13.1. The molecule has 0 heterocycles. The Bertz CT molecular complexity index is 533. The van der Waals surface area contributed by atoms with Crippen LogP contribution < -0.4 is 0 Å². The van der Waals surface area contributed by atoms with Gasteiger partial charge in [0.1, 0.15) is 0 Å². The number of hydrogen-bond donors (Lipinski definition) is 1. The molecule has 0 aromatic rings. The number of rotatable bonds is 1. The Hall–Kier alpha value is -0.950. The third kappa shape index (κ3) is 2.29. The first-order chi connectivity index (χ1) is 9.06. The van der Waals surface area contributed by atoms with E-state index >= 15 is 0 Å². The Kier molecular flexibility index (Phi) is 3.34. The summed E-state index contributed by atoms with van der Waals surface area (Å²) >= 11 is 6.34. The number of aliphatic hydroxyl groups is 1. The van der Waals surface area contributed by atoms with Crippen LogP contribution in [0, 0.1) is 5.92 Å². The second kappa shape index (κ2) is 4.86. The molecule has 3 aliphatic rings. The van der Waals surface area contributed by atoms with Crippen molar-refractivity contribution in [1.82, 2.24) is 0 Å². The Morgan fingerprint density at radius 3 is 2.68 bits per heavy atom. The molecule has 0 bridgehead atoms. The smallest absolute Gasteiger partial charge is 0.0983 e. The fourth-order valence-corrected chi connectivity index (χ4v) is 3.90. The lowest BCUT2D eigenvalue weighted by Crippen LogP contribution is -2.11. The lowest BCUT2D eigenvalue weighted by molar-refractivity contribution is 0.330. The Morgan fingerprint density at radius 2 is 1.95 bits per heavy atom. The van der Waals surface area contributed by atoms with E-state index in [1.165, 1.54) is 22.3 Å². The van der Waals surface area contributed by atoms with Crippen molar-refractivity contribution in [2.24, 2.45) is 5.92 Å². The number of alkyl halides is 1. The molecule has 3 rings (SSSR count). The molecule has 0 amide bonds. The van der Waals surface area contributed by atoms with E-state index < -0.39 is 0 Å². The number of aliphatic hydroxyl groups excluding tert-OH is 1. The average molecular weight is 277 g/mol. The van der Waals surface area contributed by atoms with Gasteiger partial charge in [-0.2, -0.15) is 0 Å². The van der Waals surface area contributed by atoms with E-state index in [1.54, 1.807) is 0 Å². The van der Waals surface area contributed by atoms with Crippen LogP contribution in [-0.2, 0) is 0 Å². The first-order valence-corrected chi connectivity index (χ1v) is 7.67. The molecular weight excluding hydrogens is 256 g/mol. The molecule has 0 aliphatic heterocycles. The summed E-state index contributed by atoms with van der Waals surface area (Å²) < 4.78 is 0. The topological polar surface area (TPSA) is 20.2 Å². The summed E-state index contributed by atoms with van der Waals surface area (Å²) in [5.74, 6) is 0.808. The SMILES string of the molecule is CC1=C(O)C(C)CC(C2=CC3=C(CC2)C(Cl)CC3)=C1. The van der Waals surface area contributed by atoms with E-state index in [0.717, 1.165) is 37.7 Å². The summed E-state index contributed by atoms with van der Waals surface area (Å²) in [6.45, 7) is 4.10. The summed E-state index contributed by atoms with van der Waals surface area (Å²) in [4.78, 5) is 0. The molecule has 2 unspecified atom stereocenters. The largest absolute Gasteiger partial charge is 0.512 e. The molecule has 0 aromatic heterocycles. The molecule has 0 spiro atoms. The molecular formula is C17H21ClO. The zero-order valence-corrected chi connectivity index (χ0v) is 12.4. The molecule has 2 heteroatoms. The summed E-state index contributed by atoms with van der Waals surface area (Å²) in [7, 11) is 0. The maximum Gasteiger partial charge on any atom is 0.0983 e. The van der Waals surface area contributed by atoms with Gasteiger partial charge in [-0.15, -0.1) is 11.6 Å². The van der Waals surface area contributed by atoms with Crippen molar-refractivity contribution in [1.29, 1.82) is 0 Å². The number of allylic oxidation sites excluding steroid dienone is 8. The van der Waals surface area contributed by atoms with Gasteiger partial charge >= 0.3 is 0 Å². The van der Waals surface area contributed by atoms with Crippen molar-refractivity contribution in [3.63, 3.8) is 0 Å². The van der Waals surface area contributed by atoms with Crippen LogP contribution in [0.25, 0.3) is 0 Å². The van der Waals surface area contributed by atoms with Gasteiger partial charge in [-0.3, -0.25) is 0 Å². The van der Waals surface area contributed by atoms with Crippen molar-refractivity contribution < 1.29 is 5.11 Å². The second-order valence-corrected chi connectivity index (χ2v) is 6.60. The van der Waals surface area contributed by atoms with Crippen LogP contribution in [0.1, 0.15) is 46.0 Å². The van der Waals surface area contributed by atoms with Gasteiger partial charge in [-0.1, -0.05) is 19.1 Å². The van der Waals surface area contributed by atoms with Gasteiger partial charge < -0.3 is 5.11 Å². The third-order valence-electron chi connectivity index (χ3n) is 4.67. The van der Waals surface area contributed by atoms with Crippen LogP contribution in [0.3, 0.4) is 0 Å². The van der Waals surface area contributed by atoms with Gasteiger partial charge in [0.05, 0.1) is 11.1 Å². The van der Waals surface area contributed by atoms with Gasteiger partial charge in [0.15, 0.2) is 0 Å². The lowest BCUT2D eigenvalue weighted by atomic mass is 9.82. The highest BCUT2D eigenvalue weighted by molar-refractivity contribution is 6.22. The molecule has 102 valence electrons. The molecule has 3 aliphatic carbocycles. The van der Waals surface area contributed by atoms with Gasteiger partial charge in [0, 0.05) is 5.92 Å². The fraction of sp³-hybridized carbons (Fsp3) is 0.529. The minimum atomic E-state index is 0.251. The molecule has 0 aromatic carbocycles. The van der Waals surface area contributed by atoms with Crippen molar-refractivity contribution in [3.8, 4) is 0 Å². The third-order valence-corrected chi connectivity index (χ3v) is 5.15. The maximum absolute atomic E-state index is 9.94. The molecule has 1 N–H and O–H groups in total. The normalized spacial score (nSPS) is 31.3. The van der Waals surface area contributed by atoms with Crippen LogP contribution >= 0.6 is 11.6 Å². The van der Waals surface area contributed by atoms with E-state index in [4.69, 9.17) is 11.6 Å². The van der Waals surface area contributed by atoms with Crippen LogP contribution in [0.5, 0.6) is 0 Å². The Balaban J connectivity index is 1.91. The van der Waals surface area contributed by atoms with Crippen LogP contribution in [0.2, 0.25) is 0 Å². The standard InChI is InChI=1S/C17H21ClO/c1-10-7-14(8-11(2)17(10)19)12-3-5-15-13(9-12)4-6-16(15)18/h7,9,11,16,19H,3-6,8H2,1-2H3. The van der Waals surface area contributed by atoms with Crippen LogP contribution in [-0.4, -0.2) is 10.5 Å². The van der Waals surface area contributed by atoms with Crippen molar-refractivity contribution in [2.75, 3.05) is 0 Å². The van der Waals surface area contributed by atoms with E-state index in [9.17, 15) is 5.11 Å². The predicted octanol–water partition coefficient (Wildman–Crippen LogP) is 5.20. The minimum absolute atomic E-state index is 0.251. The van der Waals surface area contributed by atoms with Crippen molar-refractivity contribution in [3.05, 3.63) is 45.8 Å². The van der Waals surface area contributed by atoms with E-state index in [1.807, 2.05) is 6.92 Å². The molecule has 0 radical (unpaired) electrons. The predicted molar refractivity (Wildman–Crippen MR) is 80.4 cm³/mol. The maximum atomic E-state index is 9.94. The highest BCUT2D eigenvalue weighted by Crippen LogP contribution is 2.42. The monoisotopic (exact) mass is 276 g/mol. The first-order valence-electron chi connectivity index (χ1n) is 7.23. The zero-order chi connectivity index (χ0) is 13.6. The highest BCUT2D eigenvalue weighted by atomic mass is 35.5. The van der Waals surface area contributed by atoms with Crippen molar-refractivity contribution in [2.45, 2.75) is 51.3 Å². The molecule has 19 heavy (non-hydrogen) atoms. The van der Waals surface area contributed by atoms with Gasteiger partial charge in [0.2, 0.25) is 0 Å². The van der Waals surface area contributed by atoms with Gasteiger partial charge in [-0.25, -0.2) is 0 Å². The zero-order valence-electron chi connectivity index (χ0n) is 11.7. The second-order valence-electron chi connectivity index (χ2n) is 6.07. The van der Waals surface area contributed by atoms with Crippen molar-refractivity contribution >= 4 is 11.6 Å². The molecule has 0 saturated carbocycles. The average Bonchev–Trinajstić information content (AvgIpc) is 2.76. The van der Waals surface area contributed by atoms with Crippen LogP contribution in [0.4, 0.5) is 0 Å². The Morgan fingerprint density at radius 1 is 1.16 bits per heavy atom. The van der Waals surface area contributed by atoms with E-state index in [2.05, 4.69) is 19.1 Å². The van der Waals surface area contributed by atoms with Crippen LogP contribution in [0.15, 0.2) is 45.8 Å². The molecule has 1 nitrogen and oxygen atoms in total. The molecule has 0 saturated heterocycles. The number of halogens is 1. The van der Waals surface area contributed by atoms with E-state index in [0.29, 0.717) is 5.76 Å². The van der Waals surface area contributed by atoms with E-state index in [-0.39, 0.29) is 11.3 Å². The number of hydrogen-bond acceptors (Lipinski definition) is 1.